The maximum Gasteiger partial charge on any atom is 0.264 e. The molecule has 4 rings (SSSR count). The molecule has 0 radical (unpaired) electrons. The molecule has 0 atom stereocenters. The van der Waals surface area contributed by atoms with Crippen molar-refractivity contribution >= 4 is 38.4 Å². The number of sulfonamides is 1. The number of rotatable bonds is 6. The van der Waals surface area contributed by atoms with Crippen LogP contribution < -0.4 is 9.46 Å². The molecule has 30 heavy (non-hydrogen) atoms. The Kier molecular flexibility index (Phi) is 5.15. The molecule has 0 unspecified atom stereocenters. The Bertz CT molecular complexity index is 1230. The number of hydrogen-bond donors (Lipinski definition) is 1. The van der Waals surface area contributed by atoms with Crippen molar-refractivity contribution in [1.29, 1.82) is 0 Å². The fourth-order valence-electron chi connectivity index (χ4n) is 3.43. The fraction of sp³-hybridized carbons (Fsp3) is 0.286. The van der Waals surface area contributed by atoms with Gasteiger partial charge in [-0.1, -0.05) is 17.7 Å². The largest absolute Gasteiger partial charge is 0.489 e. The molecule has 2 heterocycles. The van der Waals surface area contributed by atoms with Gasteiger partial charge >= 0.3 is 0 Å². The summed E-state index contributed by atoms with van der Waals surface area (Å²) < 4.78 is 33.9. The number of fused-ring (bicyclic) bond motifs is 1. The van der Waals surface area contributed by atoms with Crippen LogP contribution in [0.15, 0.2) is 53.7 Å². The number of aromatic nitrogens is 2. The number of carbonyl (C=O) groups is 1. The van der Waals surface area contributed by atoms with Gasteiger partial charge in [-0.05, 0) is 57.0 Å². The van der Waals surface area contributed by atoms with E-state index in [1.165, 1.54) is 12.3 Å². The second kappa shape index (κ2) is 7.52. The van der Waals surface area contributed by atoms with Crippen LogP contribution >= 0.6 is 11.6 Å². The average Bonchev–Trinajstić information content (AvgIpc) is 3.50. The van der Waals surface area contributed by atoms with Gasteiger partial charge in [-0.3, -0.25) is 9.78 Å². The molecule has 0 bridgehead atoms. The molecule has 1 aliphatic carbocycles. The Morgan fingerprint density at radius 3 is 2.67 bits per heavy atom. The van der Waals surface area contributed by atoms with Gasteiger partial charge < -0.3 is 4.74 Å². The van der Waals surface area contributed by atoms with E-state index in [-0.39, 0.29) is 16.2 Å². The van der Waals surface area contributed by atoms with Crippen LogP contribution in [0.4, 0.5) is 0 Å². The van der Waals surface area contributed by atoms with Crippen molar-refractivity contribution in [3.8, 4) is 5.75 Å². The van der Waals surface area contributed by atoms with E-state index >= 15 is 0 Å². The quantitative estimate of drug-likeness (QED) is 0.582. The van der Waals surface area contributed by atoms with E-state index < -0.39 is 21.3 Å². The Morgan fingerprint density at radius 1 is 1.20 bits per heavy atom. The van der Waals surface area contributed by atoms with E-state index in [0.29, 0.717) is 35.1 Å². The summed E-state index contributed by atoms with van der Waals surface area (Å²) in [6, 6.07) is 9.72. The molecular formula is C21H20ClN3O4S. The van der Waals surface area contributed by atoms with E-state index in [1.807, 2.05) is 13.8 Å². The van der Waals surface area contributed by atoms with Gasteiger partial charge in [0.05, 0.1) is 28.1 Å². The second-order valence-corrected chi connectivity index (χ2v) is 9.53. The Morgan fingerprint density at radius 2 is 1.97 bits per heavy atom. The molecule has 3 aromatic rings. The van der Waals surface area contributed by atoms with Crippen LogP contribution in [0.5, 0.6) is 5.75 Å². The zero-order valence-corrected chi connectivity index (χ0v) is 18.0. The summed E-state index contributed by atoms with van der Waals surface area (Å²) in [5.74, 6) is -0.153. The monoisotopic (exact) mass is 445 g/mol. The van der Waals surface area contributed by atoms with E-state index in [4.69, 9.17) is 16.3 Å². The molecule has 0 saturated heterocycles. The van der Waals surface area contributed by atoms with Crippen LogP contribution in [0.25, 0.3) is 10.9 Å². The van der Waals surface area contributed by atoms with Gasteiger partial charge in [0.15, 0.2) is 0 Å². The number of benzene rings is 1. The minimum absolute atomic E-state index is 0.00152. The second-order valence-electron chi connectivity index (χ2n) is 7.52. The molecule has 0 spiro atoms. The number of carbonyl (C=O) groups excluding carboxylic acids is 1. The smallest absolute Gasteiger partial charge is 0.264 e. The van der Waals surface area contributed by atoms with Gasteiger partial charge in [-0.2, -0.15) is 0 Å². The molecule has 9 heteroatoms. The average molecular weight is 446 g/mol. The molecule has 1 fully saturated rings. The van der Waals surface area contributed by atoms with Crippen molar-refractivity contribution in [2.75, 3.05) is 0 Å². The van der Waals surface area contributed by atoms with Gasteiger partial charge in [0, 0.05) is 17.1 Å². The summed E-state index contributed by atoms with van der Waals surface area (Å²) in [5.41, 5.74) is -0.0505. The number of ether oxygens (including phenoxy) is 1. The lowest BCUT2D eigenvalue weighted by atomic mass is 9.97. The number of pyridine rings is 2. The molecule has 1 aromatic carbocycles. The van der Waals surface area contributed by atoms with E-state index in [0.717, 1.165) is 0 Å². The van der Waals surface area contributed by atoms with Crippen LogP contribution in [-0.2, 0) is 20.2 Å². The molecule has 156 valence electrons. The van der Waals surface area contributed by atoms with E-state index in [9.17, 15) is 13.2 Å². The minimum atomic E-state index is -4.11. The topological polar surface area (TPSA) is 98.2 Å². The summed E-state index contributed by atoms with van der Waals surface area (Å²) in [6.07, 6.45) is 3.93. The van der Waals surface area contributed by atoms with Gasteiger partial charge in [0.1, 0.15) is 10.9 Å². The van der Waals surface area contributed by atoms with Crippen LogP contribution in [0.2, 0.25) is 5.15 Å². The highest BCUT2D eigenvalue weighted by Gasteiger charge is 2.54. The van der Waals surface area contributed by atoms with E-state index in [1.54, 1.807) is 36.5 Å². The SMILES string of the molecule is CC(C)Oc1cnc(Cl)c(C2(C(=O)NS(=O)(=O)c3cccc4ncccc34)CC2)c1. The molecule has 1 N–H and O–H groups in total. The summed E-state index contributed by atoms with van der Waals surface area (Å²) in [5, 5.41) is 0.600. The molecule has 7 nitrogen and oxygen atoms in total. The van der Waals surface area contributed by atoms with Crippen molar-refractivity contribution in [3.63, 3.8) is 0 Å². The van der Waals surface area contributed by atoms with Gasteiger partial charge in [-0.15, -0.1) is 0 Å². The maximum atomic E-state index is 13.1. The third kappa shape index (κ3) is 3.73. The first-order chi connectivity index (χ1) is 14.2. The lowest BCUT2D eigenvalue weighted by Crippen LogP contribution is -2.39. The van der Waals surface area contributed by atoms with Gasteiger partial charge in [-0.25, -0.2) is 18.1 Å². The molecule has 1 aliphatic rings. The number of halogens is 1. The van der Waals surface area contributed by atoms with E-state index in [2.05, 4.69) is 14.7 Å². The third-order valence-electron chi connectivity index (χ3n) is 5.01. The first-order valence-corrected chi connectivity index (χ1v) is 11.3. The van der Waals surface area contributed by atoms with Crippen LogP contribution in [0.3, 0.4) is 0 Å². The maximum absolute atomic E-state index is 13.1. The minimum Gasteiger partial charge on any atom is -0.489 e. The van der Waals surface area contributed by atoms with Crippen molar-refractivity contribution in [2.45, 2.75) is 43.1 Å². The highest BCUT2D eigenvalue weighted by molar-refractivity contribution is 7.90. The molecular weight excluding hydrogens is 426 g/mol. The van der Waals surface area contributed by atoms with Crippen LogP contribution in [0.1, 0.15) is 32.3 Å². The zero-order chi connectivity index (χ0) is 21.5. The Balaban J connectivity index is 1.67. The summed E-state index contributed by atoms with van der Waals surface area (Å²) in [6.45, 7) is 3.75. The summed E-state index contributed by atoms with van der Waals surface area (Å²) in [4.78, 5) is 21.4. The van der Waals surface area contributed by atoms with Crippen molar-refractivity contribution in [1.82, 2.24) is 14.7 Å². The standard InChI is InChI=1S/C21H20ClN3O4S/c1-13(2)29-14-11-16(19(22)24-12-14)21(8-9-21)20(26)25-30(27,28)18-7-3-6-17-15(18)5-4-10-23-17/h3-7,10-13H,8-9H2,1-2H3,(H,25,26). The van der Waals surface area contributed by atoms with Crippen molar-refractivity contribution in [2.24, 2.45) is 0 Å². The molecule has 0 aliphatic heterocycles. The molecule has 1 saturated carbocycles. The third-order valence-corrected chi connectivity index (χ3v) is 6.70. The number of amides is 1. The summed E-state index contributed by atoms with van der Waals surface area (Å²) in [7, 11) is -4.11. The predicted molar refractivity (Wildman–Crippen MR) is 113 cm³/mol. The lowest BCUT2D eigenvalue weighted by Gasteiger charge is -2.19. The highest BCUT2D eigenvalue weighted by Crippen LogP contribution is 2.51. The Hall–Kier alpha value is -2.71. The van der Waals surface area contributed by atoms with Gasteiger partial charge in [0.25, 0.3) is 10.0 Å². The number of hydrogen-bond acceptors (Lipinski definition) is 6. The zero-order valence-electron chi connectivity index (χ0n) is 16.4. The fourth-order valence-corrected chi connectivity index (χ4v) is 4.98. The van der Waals surface area contributed by atoms with Crippen molar-refractivity contribution < 1.29 is 17.9 Å². The first kappa shape index (κ1) is 20.6. The van der Waals surface area contributed by atoms with Gasteiger partial charge in [0.2, 0.25) is 5.91 Å². The normalized spacial score (nSPS) is 15.2. The van der Waals surface area contributed by atoms with Crippen LogP contribution in [-0.4, -0.2) is 30.4 Å². The lowest BCUT2D eigenvalue weighted by molar-refractivity contribution is -0.121. The Labute approximate surface area is 179 Å². The molecule has 1 amide bonds. The predicted octanol–water partition coefficient (Wildman–Crippen LogP) is 3.61. The number of nitrogens with one attached hydrogen (secondary N) is 1. The molecule has 2 aromatic heterocycles. The summed E-state index contributed by atoms with van der Waals surface area (Å²) >= 11 is 6.26. The number of nitrogens with zero attached hydrogens (tertiary/aromatic N) is 2. The van der Waals surface area contributed by atoms with Crippen LogP contribution in [0, 0.1) is 0 Å². The highest BCUT2D eigenvalue weighted by atomic mass is 35.5. The first-order valence-electron chi connectivity index (χ1n) is 9.47. The van der Waals surface area contributed by atoms with Crippen molar-refractivity contribution in [3.05, 3.63) is 59.5 Å².